The average molecular weight is 364 g/mol. The van der Waals surface area contributed by atoms with Gasteiger partial charge in [0, 0.05) is 6.42 Å². The Balaban J connectivity index is 2.05. The van der Waals surface area contributed by atoms with Gasteiger partial charge in [-0.3, -0.25) is 4.79 Å². The Morgan fingerprint density at radius 2 is 1.62 bits per heavy atom. The quantitative estimate of drug-likeness (QED) is 0.295. The van der Waals surface area contributed by atoms with Crippen molar-refractivity contribution >= 4 is 52.4 Å². The molecule has 0 saturated carbocycles. The lowest BCUT2D eigenvalue weighted by atomic mass is 10.1. The molecule has 21 heavy (non-hydrogen) atoms. The number of aryl methyl sites for hydroxylation is 1. The Kier molecular flexibility index (Phi) is 5.77. The zero-order valence-corrected chi connectivity index (χ0v) is 13.7. The maximum atomic E-state index is 11.9. The number of halogens is 4. The molecule has 0 aliphatic heterocycles. The number of carbonyl (C=O) groups excluding carboxylic acids is 1. The van der Waals surface area contributed by atoms with E-state index in [4.69, 9.17) is 51.1 Å². The molecule has 0 fully saturated rings. The lowest BCUT2D eigenvalue weighted by Gasteiger charge is -2.10. The van der Waals surface area contributed by atoms with E-state index in [0.717, 1.165) is 5.56 Å². The fraction of sp³-hybridized carbons (Fsp3) is 0.133. The highest BCUT2D eigenvalue weighted by Crippen LogP contribution is 2.42. The fourth-order valence-electron chi connectivity index (χ4n) is 1.70. The third-order valence-corrected chi connectivity index (χ3v) is 4.27. The summed E-state index contributed by atoms with van der Waals surface area (Å²) in [6.45, 7) is 0. The Hall–Kier alpha value is -0.930. The monoisotopic (exact) mass is 362 g/mol. The molecule has 0 aliphatic rings. The Labute approximate surface area is 142 Å². The maximum absolute atomic E-state index is 11.9. The van der Waals surface area contributed by atoms with Gasteiger partial charge in [-0.25, -0.2) is 0 Å². The number of esters is 1. The van der Waals surface area contributed by atoms with Gasteiger partial charge in [0.25, 0.3) is 0 Å². The lowest BCUT2D eigenvalue weighted by molar-refractivity contribution is -0.134. The summed E-state index contributed by atoms with van der Waals surface area (Å²) in [4.78, 5) is 11.9. The van der Waals surface area contributed by atoms with Crippen molar-refractivity contribution in [2.75, 3.05) is 0 Å². The van der Waals surface area contributed by atoms with E-state index in [1.165, 1.54) is 6.07 Å². The van der Waals surface area contributed by atoms with Gasteiger partial charge in [0.1, 0.15) is 5.02 Å². The van der Waals surface area contributed by atoms with Crippen LogP contribution in [0.15, 0.2) is 36.4 Å². The standard InChI is InChI=1S/C15H10Cl4O2/c16-10-8-11(17)15(14(19)13(10)18)21-12(20)7-6-9-4-2-1-3-5-9/h1-5,8H,6-7H2. The first-order chi connectivity index (χ1) is 9.99. The number of hydrogen-bond donors (Lipinski definition) is 0. The van der Waals surface area contributed by atoms with E-state index in [2.05, 4.69) is 0 Å². The molecule has 2 rings (SSSR count). The molecule has 0 N–H and O–H groups in total. The van der Waals surface area contributed by atoms with Crippen molar-refractivity contribution in [1.82, 2.24) is 0 Å². The summed E-state index contributed by atoms with van der Waals surface area (Å²) in [5.41, 5.74) is 1.04. The maximum Gasteiger partial charge on any atom is 0.311 e. The first-order valence-electron chi connectivity index (χ1n) is 6.06. The molecule has 0 saturated heterocycles. The highest BCUT2D eigenvalue weighted by molar-refractivity contribution is 6.50. The molecule has 0 spiro atoms. The van der Waals surface area contributed by atoms with Gasteiger partial charge in [-0.05, 0) is 18.1 Å². The van der Waals surface area contributed by atoms with Gasteiger partial charge in [-0.2, -0.15) is 0 Å². The van der Waals surface area contributed by atoms with E-state index in [9.17, 15) is 4.79 Å². The highest BCUT2D eigenvalue weighted by atomic mass is 35.5. The second-order valence-electron chi connectivity index (χ2n) is 4.26. The Morgan fingerprint density at radius 1 is 0.952 bits per heavy atom. The van der Waals surface area contributed by atoms with Crippen LogP contribution in [0.4, 0.5) is 0 Å². The molecule has 6 heteroatoms. The lowest BCUT2D eigenvalue weighted by Crippen LogP contribution is -2.10. The van der Waals surface area contributed by atoms with Crippen LogP contribution in [0.25, 0.3) is 0 Å². The molecule has 0 aromatic heterocycles. The summed E-state index contributed by atoms with van der Waals surface area (Å²) in [6, 6.07) is 11.0. The van der Waals surface area contributed by atoms with Crippen molar-refractivity contribution < 1.29 is 9.53 Å². The predicted octanol–water partition coefficient (Wildman–Crippen LogP) is 5.84. The van der Waals surface area contributed by atoms with Crippen LogP contribution in [0.1, 0.15) is 12.0 Å². The number of rotatable bonds is 4. The highest BCUT2D eigenvalue weighted by Gasteiger charge is 2.18. The molecule has 0 radical (unpaired) electrons. The summed E-state index contributed by atoms with van der Waals surface area (Å²) in [5, 5.41) is 0.481. The SMILES string of the molecule is O=C(CCc1ccccc1)Oc1c(Cl)cc(Cl)c(Cl)c1Cl. The first-order valence-corrected chi connectivity index (χ1v) is 7.58. The summed E-state index contributed by atoms with van der Waals surface area (Å²) in [5.74, 6) is -0.410. The molecular weight excluding hydrogens is 354 g/mol. The predicted molar refractivity (Wildman–Crippen MR) is 86.9 cm³/mol. The average Bonchev–Trinajstić information content (AvgIpc) is 2.48. The van der Waals surface area contributed by atoms with Gasteiger partial charge in [-0.15, -0.1) is 0 Å². The number of ether oxygens (including phenoxy) is 1. The molecule has 0 atom stereocenters. The molecule has 110 valence electrons. The van der Waals surface area contributed by atoms with Crippen LogP contribution >= 0.6 is 46.4 Å². The van der Waals surface area contributed by atoms with Crippen LogP contribution < -0.4 is 4.74 Å². The van der Waals surface area contributed by atoms with Crippen molar-refractivity contribution in [3.63, 3.8) is 0 Å². The molecule has 0 amide bonds. The summed E-state index contributed by atoms with van der Waals surface area (Å²) >= 11 is 23.7. The third kappa shape index (κ3) is 4.27. The minimum absolute atomic E-state index is 0.0298. The van der Waals surface area contributed by atoms with Gasteiger partial charge in [-0.1, -0.05) is 76.7 Å². The Bertz CT molecular complexity index is 656. The second-order valence-corrected chi connectivity index (χ2v) is 5.83. The first kappa shape index (κ1) is 16.4. The van der Waals surface area contributed by atoms with Crippen molar-refractivity contribution in [3.8, 4) is 5.75 Å². The van der Waals surface area contributed by atoms with Gasteiger partial charge in [0.15, 0.2) is 5.75 Å². The van der Waals surface area contributed by atoms with Crippen molar-refractivity contribution in [3.05, 3.63) is 62.1 Å². The van der Waals surface area contributed by atoms with E-state index in [1.807, 2.05) is 30.3 Å². The summed E-state index contributed by atoms with van der Waals surface area (Å²) in [7, 11) is 0. The van der Waals surface area contributed by atoms with Gasteiger partial charge < -0.3 is 4.74 Å². The van der Waals surface area contributed by atoms with Crippen LogP contribution in [0, 0.1) is 0 Å². The van der Waals surface area contributed by atoms with Crippen LogP contribution in [-0.4, -0.2) is 5.97 Å². The van der Waals surface area contributed by atoms with E-state index >= 15 is 0 Å². The molecule has 0 aliphatic carbocycles. The molecule has 0 unspecified atom stereocenters. The van der Waals surface area contributed by atoms with Crippen LogP contribution in [0.2, 0.25) is 20.1 Å². The van der Waals surface area contributed by atoms with Crippen LogP contribution in [0.5, 0.6) is 5.75 Å². The van der Waals surface area contributed by atoms with Crippen LogP contribution in [-0.2, 0) is 11.2 Å². The molecule has 2 nitrogen and oxygen atoms in total. The number of benzene rings is 2. The van der Waals surface area contributed by atoms with E-state index in [-0.39, 0.29) is 32.3 Å². The van der Waals surface area contributed by atoms with E-state index in [0.29, 0.717) is 6.42 Å². The van der Waals surface area contributed by atoms with Crippen molar-refractivity contribution in [2.45, 2.75) is 12.8 Å². The zero-order chi connectivity index (χ0) is 15.4. The zero-order valence-electron chi connectivity index (χ0n) is 10.7. The Morgan fingerprint density at radius 3 is 2.29 bits per heavy atom. The largest absolute Gasteiger partial charge is 0.423 e. The molecular formula is C15H10Cl4O2. The van der Waals surface area contributed by atoms with E-state index < -0.39 is 5.97 Å². The molecule has 2 aromatic rings. The fourth-order valence-corrected chi connectivity index (χ4v) is 2.68. The molecule has 0 heterocycles. The topological polar surface area (TPSA) is 26.3 Å². The normalized spacial score (nSPS) is 10.5. The minimum atomic E-state index is -0.443. The van der Waals surface area contributed by atoms with Crippen molar-refractivity contribution in [2.24, 2.45) is 0 Å². The smallest absolute Gasteiger partial charge is 0.311 e. The molecule has 2 aromatic carbocycles. The van der Waals surface area contributed by atoms with E-state index in [1.54, 1.807) is 0 Å². The molecule has 0 bridgehead atoms. The number of carbonyl (C=O) groups is 1. The second kappa shape index (κ2) is 7.37. The summed E-state index contributed by atoms with van der Waals surface area (Å²) < 4.78 is 5.19. The van der Waals surface area contributed by atoms with Gasteiger partial charge in [0.2, 0.25) is 0 Å². The van der Waals surface area contributed by atoms with Crippen LogP contribution in [0.3, 0.4) is 0 Å². The van der Waals surface area contributed by atoms with Crippen molar-refractivity contribution in [1.29, 1.82) is 0 Å². The summed E-state index contributed by atoms with van der Waals surface area (Å²) in [6.07, 6.45) is 0.771. The van der Waals surface area contributed by atoms with Gasteiger partial charge in [0.05, 0.1) is 15.1 Å². The minimum Gasteiger partial charge on any atom is -0.423 e. The number of hydrogen-bond acceptors (Lipinski definition) is 2. The third-order valence-electron chi connectivity index (χ3n) is 2.75. The van der Waals surface area contributed by atoms with Gasteiger partial charge >= 0.3 is 5.97 Å².